The highest BCUT2D eigenvalue weighted by atomic mass is 32.2. The predicted octanol–water partition coefficient (Wildman–Crippen LogP) is 8.38. The van der Waals surface area contributed by atoms with Crippen molar-refractivity contribution in [3.05, 3.63) is 95.8 Å². The van der Waals surface area contributed by atoms with Crippen LogP contribution < -0.4 is 9.47 Å². The lowest BCUT2D eigenvalue weighted by molar-refractivity contribution is -0.158. The van der Waals surface area contributed by atoms with Gasteiger partial charge in [-0.15, -0.1) is 12.6 Å². The minimum atomic E-state index is -5.52. The second kappa shape index (κ2) is 16.8. The summed E-state index contributed by atoms with van der Waals surface area (Å²) in [4.78, 5) is 22.7. The first-order valence-electron chi connectivity index (χ1n) is 15.2. The number of halogens is 5. The standard InChI is InChI=1S/C30H34O6S.C6HF5O3S/c1-29(2,3)35-26(31)18-33-22-12-7-10-20(16-22)24-14-9-15-25(37)28(24)21-11-8-13-23(17-21)34-19-27(32)36-30(4,5)6;7-1-2(8)4(10)6(15(12,13)14)5(11)3(1)9/h7-17,37H,18-19H2,1-6H3;(H,12,13,14). The third kappa shape index (κ3) is 11.7. The van der Waals surface area contributed by atoms with Gasteiger partial charge in [0.25, 0.3) is 0 Å². The maximum atomic E-state index is 12.6. The Morgan fingerprint density at radius 3 is 1.50 bits per heavy atom. The smallest absolute Gasteiger partial charge is 0.344 e. The van der Waals surface area contributed by atoms with Crippen molar-refractivity contribution in [3.8, 4) is 33.8 Å². The summed E-state index contributed by atoms with van der Waals surface area (Å²) in [6.07, 6.45) is 0. The topological polar surface area (TPSA) is 125 Å². The summed E-state index contributed by atoms with van der Waals surface area (Å²) in [5, 5.41) is 0. The van der Waals surface area contributed by atoms with Crippen LogP contribution in [0.5, 0.6) is 11.5 Å². The van der Waals surface area contributed by atoms with Gasteiger partial charge in [-0.1, -0.05) is 36.4 Å². The van der Waals surface area contributed by atoms with Crippen molar-refractivity contribution >= 4 is 34.7 Å². The van der Waals surface area contributed by atoms with Crippen LogP contribution in [0.2, 0.25) is 0 Å². The molecule has 0 saturated carbocycles. The first-order valence-corrected chi connectivity index (χ1v) is 17.1. The van der Waals surface area contributed by atoms with E-state index in [-0.39, 0.29) is 13.2 Å². The number of hydrogen-bond donors (Lipinski definition) is 2. The zero-order valence-corrected chi connectivity index (χ0v) is 30.4. The molecule has 0 aliphatic carbocycles. The highest BCUT2D eigenvalue weighted by Gasteiger charge is 2.32. The molecule has 0 heterocycles. The minimum Gasteiger partial charge on any atom is -0.482 e. The average Bonchev–Trinajstić information content (AvgIpc) is 3.03. The fourth-order valence-corrected chi connectivity index (χ4v) is 5.38. The molecule has 0 radical (unpaired) electrons. The molecule has 0 fully saturated rings. The average molecular weight is 771 g/mol. The van der Waals surface area contributed by atoms with Crippen molar-refractivity contribution in [2.45, 2.75) is 62.5 Å². The van der Waals surface area contributed by atoms with E-state index in [4.69, 9.17) is 36.1 Å². The number of hydrogen-bond acceptors (Lipinski definition) is 9. The van der Waals surface area contributed by atoms with Crippen LogP contribution in [0.15, 0.2) is 76.5 Å². The minimum absolute atomic E-state index is 0.183. The largest absolute Gasteiger partial charge is 0.482 e. The molecule has 0 aliphatic rings. The van der Waals surface area contributed by atoms with E-state index in [0.717, 1.165) is 27.1 Å². The summed E-state index contributed by atoms with van der Waals surface area (Å²) in [7, 11) is -5.52. The van der Waals surface area contributed by atoms with Crippen LogP contribution in [-0.4, -0.2) is 49.3 Å². The van der Waals surface area contributed by atoms with Gasteiger partial charge in [-0.25, -0.2) is 31.5 Å². The van der Waals surface area contributed by atoms with E-state index in [0.29, 0.717) is 11.5 Å². The van der Waals surface area contributed by atoms with Crippen LogP contribution in [0.4, 0.5) is 22.0 Å². The summed E-state index contributed by atoms with van der Waals surface area (Å²) in [5.41, 5.74) is 2.45. The maximum absolute atomic E-state index is 12.6. The number of rotatable bonds is 9. The van der Waals surface area contributed by atoms with Crippen molar-refractivity contribution in [2.24, 2.45) is 0 Å². The van der Waals surface area contributed by atoms with Crippen LogP contribution in [0.1, 0.15) is 41.5 Å². The molecule has 0 saturated heterocycles. The van der Waals surface area contributed by atoms with E-state index in [1.54, 1.807) is 12.1 Å². The van der Waals surface area contributed by atoms with Gasteiger partial charge in [-0.05, 0) is 88.6 Å². The van der Waals surface area contributed by atoms with Crippen LogP contribution in [-0.2, 0) is 29.2 Å². The third-order valence-corrected chi connectivity index (χ3v) is 7.54. The molecule has 16 heteroatoms. The lowest BCUT2D eigenvalue weighted by atomic mass is 9.94. The fraction of sp³-hybridized carbons (Fsp3) is 0.278. The zero-order valence-electron chi connectivity index (χ0n) is 28.7. The normalized spacial score (nSPS) is 11.6. The van der Waals surface area contributed by atoms with E-state index in [1.165, 1.54) is 0 Å². The summed E-state index contributed by atoms with van der Waals surface area (Å²) in [6, 6.07) is 20.8. The number of benzene rings is 4. The van der Waals surface area contributed by atoms with Gasteiger partial charge < -0.3 is 18.9 Å². The van der Waals surface area contributed by atoms with E-state index >= 15 is 0 Å². The van der Waals surface area contributed by atoms with Gasteiger partial charge in [0, 0.05) is 10.5 Å². The molecule has 0 atom stereocenters. The molecule has 1 N–H and O–H groups in total. The fourth-order valence-electron chi connectivity index (χ4n) is 4.42. The molecular formula is C36H35F5O9S2. The molecule has 280 valence electrons. The Balaban J connectivity index is 0.000000406. The Kier molecular flexibility index (Phi) is 13.5. The molecule has 0 spiro atoms. The summed E-state index contributed by atoms with van der Waals surface area (Å²) >= 11 is 4.72. The molecule has 0 aliphatic heterocycles. The van der Waals surface area contributed by atoms with Crippen molar-refractivity contribution in [1.29, 1.82) is 0 Å². The number of carbonyl (C=O) groups is 2. The van der Waals surface area contributed by atoms with Gasteiger partial charge in [-0.3, -0.25) is 4.55 Å². The summed E-state index contributed by atoms with van der Waals surface area (Å²) in [5.74, 6) is -12.4. The van der Waals surface area contributed by atoms with Gasteiger partial charge in [0.1, 0.15) is 22.7 Å². The Morgan fingerprint density at radius 2 is 1.06 bits per heavy atom. The monoisotopic (exact) mass is 770 g/mol. The van der Waals surface area contributed by atoms with Gasteiger partial charge in [-0.2, -0.15) is 8.42 Å². The van der Waals surface area contributed by atoms with Crippen LogP contribution >= 0.6 is 12.6 Å². The molecule has 4 aromatic carbocycles. The maximum Gasteiger partial charge on any atom is 0.344 e. The zero-order chi connectivity index (χ0) is 39.2. The molecule has 9 nitrogen and oxygen atoms in total. The van der Waals surface area contributed by atoms with E-state index in [1.807, 2.05) is 96.1 Å². The highest BCUT2D eigenvalue weighted by Crippen LogP contribution is 2.39. The second-order valence-electron chi connectivity index (χ2n) is 12.9. The SMILES string of the molecule is CC(C)(C)OC(=O)COc1cccc(-c2cccc(S)c2-c2cccc(OCC(=O)OC(C)(C)C)c2)c1.O=S(=O)(O)c1c(F)c(F)c(F)c(F)c1F. The van der Waals surface area contributed by atoms with Crippen molar-refractivity contribution in [1.82, 2.24) is 0 Å². The van der Waals surface area contributed by atoms with Crippen molar-refractivity contribution in [3.63, 3.8) is 0 Å². The predicted molar refractivity (Wildman–Crippen MR) is 183 cm³/mol. The number of esters is 2. The molecule has 52 heavy (non-hydrogen) atoms. The quantitative estimate of drug-likeness (QED) is 0.0431. The van der Waals surface area contributed by atoms with Crippen LogP contribution in [0, 0.1) is 29.1 Å². The van der Waals surface area contributed by atoms with E-state index in [9.17, 15) is 40.0 Å². The van der Waals surface area contributed by atoms with Crippen LogP contribution in [0.25, 0.3) is 22.3 Å². The Hall–Kier alpha value is -4.67. The van der Waals surface area contributed by atoms with Crippen molar-refractivity contribution in [2.75, 3.05) is 13.2 Å². The highest BCUT2D eigenvalue weighted by molar-refractivity contribution is 7.85. The third-order valence-electron chi connectivity index (χ3n) is 6.29. The molecule has 0 bridgehead atoms. The number of carbonyl (C=O) groups excluding carboxylic acids is 2. The number of ether oxygens (including phenoxy) is 4. The Labute approximate surface area is 302 Å². The van der Waals surface area contributed by atoms with Crippen LogP contribution in [0.3, 0.4) is 0 Å². The number of thiol groups is 1. The first kappa shape index (κ1) is 41.7. The lowest BCUT2D eigenvalue weighted by Gasteiger charge is -2.20. The lowest BCUT2D eigenvalue weighted by Crippen LogP contribution is -2.27. The Morgan fingerprint density at radius 1 is 0.654 bits per heavy atom. The van der Waals surface area contributed by atoms with Gasteiger partial charge in [0.2, 0.25) is 5.82 Å². The molecule has 4 aromatic rings. The first-order chi connectivity index (χ1) is 24.0. The van der Waals surface area contributed by atoms with E-state index in [2.05, 4.69) is 0 Å². The Bertz CT molecular complexity index is 2030. The molecule has 0 unspecified atom stereocenters. The molecular weight excluding hydrogens is 736 g/mol. The van der Waals surface area contributed by atoms with Gasteiger partial charge >= 0.3 is 22.1 Å². The van der Waals surface area contributed by atoms with Gasteiger partial charge in [0.15, 0.2) is 41.4 Å². The molecule has 0 amide bonds. The second-order valence-corrected chi connectivity index (χ2v) is 14.7. The summed E-state index contributed by atoms with van der Waals surface area (Å²) < 4.78 is 113. The van der Waals surface area contributed by atoms with Crippen molar-refractivity contribution < 1.29 is 63.5 Å². The van der Waals surface area contributed by atoms with Gasteiger partial charge in [0.05, 0.1) is 0 Å². The summed E-state index contributed by atoms with van der Waals surface area (Å²) in [6.45, 7) is 10.5. The van der Waals surface area contributed by atoms with E-state index < -0.39 is 67.2 Å². The molecule has 0 aromatic heterocycles. The molecule has 4 rings (SSSR count).